The van der Waals surface area contributed by atoms with E-state index in [0.717, 1.165) is 0 Å². The van der Waals surface area contributed by atoms with Crippen LogP contribution in [0.5, 0.6) is 5.75 Å². The van der Waals surface area contributed by atoms with Crippen LogP contribution in [0.1, 0.15) is 17.3 Å². The summed E-state index contributed by atoms with van der Waals surface area (Å²) in [7, 11) is 0. The van der Waals surface area contributed by atoms with Crippen LogP contribution in [0, 0.1) is 0 Å². The number of carboxylic acid groups (broad SMARTS) is 1. The molecule has 4 heteroatoms. The lowest BCUT2D eigenvalue weighted by Gasteiger charge is -2.04. The summed E-state index contributed by atoms with van der Waals surface area (Å²) >= 11 is 3.21. The molecule has 0 spiro atoms. The summed E-state index contributed by atoms with van der Waals surface area (Å²) in [5.41, 5.74) is 0.220. The van der Waals surface area contributed by atoms with E-state index >= 15 is 0 Å². The molecule has 0 unspecified atom stereocenters. The first-order valence-corrected chi connectivity index (χ1v) is 4.59. The molecular weight excluding hydrogens is 236 g/mol. The van der Waals surface area contributed by atoms with Crippen molar-refractivity contribution in [3.8, 4) is 5.75 Å². The average molecular weight is 245 g/mol. The Hall–Kier alpha value is -1.03. The van der Waals surface area contributed by atoms with E-state index in [1.807, 2.05) is 6.92 Å². The Morgan fingerprint density at radius 2 is 2.23 bits per heavy atom. The quantitative estimate of drug-likeness (QED) is 0.889. The summed E-state index contributed by atoms with van der Waals surface area (Å²) in [6.45, 7) is 2.37. The predicted octanol–water partition coefficient (Wildman–Crippen LogP) is 2.55. The lowest BCUT2D eigenvalue weighted by Crippen LogP contribution is -1.98. The van der Waals surface area contributed by atoms with Gasteiger partial charge in [0.05, 0.1) is 12.2 Å². The molecule has 0 radical (unpaired) electrons. The van der Waals surface area contributed by atoms with Gasteiger partial charge in [-0.1, -0.05) is 15.9 Å². The molecule has 1 aromatic rings. The first-order chi connectivity index (χ1) is 6.13. The molecule has 0 saturated carbocycles. The maximum absolute atomic E-state index is 10.6. The minimum atomic E-state index is -0.956. The Labute approximate surface area is 84.5 Å². The molecule has 0 amide bonds. The minimum absolute atomic E-state index is 0.220. The van der Waals surface area contributed by atoms with Gasteiger partial charge >= 0.3 is 5.97 Å². The Morgan fingerprint density at radius 3 is 2.77 bits per heavy atom. The van der Waals surface area contributed by atoms with Crippen molar-refractivity contribution in [2.24, 2.45) is 0 Å². The topological polar surface area (TPSA) is 46.5 Å². The second kappa shape index (κ2) is 4.28. The number of rotatable bonds is 3. The second-order valence-electron chi connectivity index (χ2n) is 2.41. The van der Waals surface area contributed by atoms with Crippen molar-refractivity contribution in [3.05, 3.63) is 28.2 Å². The van der Waals surface area contributed by atoms with Crippen molar-refractivity contribution in [2.75, 3.05) is 6.61 Å². The molecular formula is C9H9BrO3. The van der Waals surface area contributed by atoms with Crippen LogP contribution in [0.25, 0.3) is 0 Å². The molecule has 13 heavy (non-hydrogen) atoms. The Bertz CT molecular complexity index is 323. The summed E-state index contributed by atoms with van der Waals surface area (Å²) in [5, 5.41) is 8.73. The van der Waals surface area contributed by atoms with E-state index in [4.69, 9.17) is 9.84 Å². The highest BCUT2D eigenvalue weighted by atomic mass is 79.9. The van der Waals surface area contributed by atoms with E-state index in [-0.39, 0.29) is 5.56 Å². The summed E-state index contributed by atoms with van der Waals surface area (Å²) in [5.74, 6) is -0.392. The maximum atomic E-state index is 10.6. The van der Waals surface area contributed by atoms with Gasteiger partial charge in [0.15, 0.2) is 0 Å². The number of aromatic carboxylic acids is 1. The van der Waals surface area contributed by atoms with Crippen LogP contribution < -0.4 is 4.74 Å². The van der Waals surface area contributed by atoms with Crippen molar-refractivity contribution in [1.29, 1.82) is 0 Å². The summed E-state index contributed by atoms with van der Waals surface area (Å²) in [6.07, 6.45) is 0. The van der Waals surface area contributed by atoms with Gasteiger partial charge in [-0.15, -0.1) is 0 Å². The van der Waals surface area contributed by atoms with Crippen LogP contribution in [-0.4, -0.2) is 17.7 Å². The molecule has 1 rings (SSSR count). The molecule has 0 atom stereocenters. The third kappa shape index (κ3) is 2.73. The van der Waals surface area contributed by atoms with Crippen LogP contribution >= 0.6 is 15.9 Å². The number of halogens is 1. The lowest BCUT2D eigenvalue weighted by molar-refractivity contribution is 0.0696. The van der Waals surface area contributed by atoms with Crippen molar-refractivity contribution in [3.63, 3.8) is 0 Å². The van der Waals surface area contributed by atoms with E-state index in [2.05, 4.69) is 15.9 Å². The van der Waals surface area contributed by atoms with Gasteiger partial charge in [0.2, 0.25) is 0 Å². The average Bonchev–Trinajstić information content (AvgIpc) is 2.03. The van der Waals surface area contributed by atoms with Gasteiger partial charge < -0.3 is 9.84 Å². The van der Waals surface area contributed by atoms with Crippen LogP contribution in [0.3, 0.4) is 0 Å². The summed E-state index contributed by atoms with van der Waals surface area (Å²) in [6, 6.07) is 4.76. The number of hydrogen-bond donors (Lipinski definition) is 1. The van der Waals surface area contributed by atoms with Gasteiger partial charge in [-0.2, -0.15) is 0 Å². The Morgan fingerprint density at radius 1 is 1.54 bits per heavy atom. The zero-order valence-electron chi connectivity index (χ0n) is 7.08. The number of carbonyl (C=O) groups is 1. The number of benzene rings is 1. The van der Waals surface area contributed by atoms with Crippen LogP contribution in [-0.2, 0) is 0 Å². The molecule has 0 heterocycles. The van der Waals surface area contributed by atoms with Gasteiger partial charge in [0, 0.05) is 4.47 Å². The van der Waals surface area contributed by atoms with Gasteiger partial charge in [0.1, 0.15) is 5.75 Å². The maximum Gasteiger partial charge on any atom is 0.335 e. The highest BCUT2D eigenvalue weighted by Gasteiger charge is 2.05. The highest BCUT2D eigenvalue weighted by molar-refractivity contribution is 9.10. The zero-order valence-corrected chi connectivity index (χ0v) is 8.67. The zero-order chi connectivity index (χ0) is 9.84. The highest BCUT2D eigenvalue weighted by Crippen LogP contribution is 2.21. The van der Waals surface area contributed by atoms with Gasteiger partial charge in [-0.25, -0.2) is 4.79 Å². The molecule has 1 N–H and O–H groups in total. The summed E-state index contributed by atoms with van der Waals surface area (Å²) in [4.78, 5) is 10.6. The van der Waals surface area contributed by atoms with E-state index in [0.29, 0.717) is 16.8 Å². The van der Waals surface area contributed by atoms with Gasteiger partial charge in [-0.05, 0) is 25.1 Å². The fourth-order valence-corrected chi connectivity index (χ4v) is 1.41. The monoisotopic (exact) mass is 244 g/mol. The van der Waals surface area contributed by atoms with E-state index in [1.165, 1.54) is 12.1 Å². The molecule has 0 bridgehead atoms. The number of hydrogen-bond acceptors (Lipinski definition) is 2. The SMILES string of the molecule is CCOc1cc(Br)cc(C(=O)O)c1. The van der Waals surface area contributed by atoms with Crippen LogP contribution in [0.2, 0.25) is 0 Å². The van der Waals surface area contributed by atoms with E-state index in [9.17, 15) is 4.79 Å². The fourth-order valence-electron chi connectivity index (χ4n) is 0.936. The van der Waals surface area contributed by atoms with E-state index in [1.54, 1.807) is 6.07 Å². The smallest absolute Gasteiger partial charge is 0.335 e. The van der Waals surface area contributed by atoms with Crippen molar-refractivity contribution < 1.29 is 14.6 Å². The fraction of sp³-hybridized carbons (Fsp3) is 0.222. The minimum Gasteiger partial charge on any atom is -0.494 e. The lowest BCUT2D eigenvalue weighted by atomic mass is 10.2. The molecule has 0 fully saturated rings. The van der Waals surface area contributed by atoms with Gasteiger partial charge in [-0.3, -0.25) is 0 Å². The third-order valence-corrected chi connectivity index (χ3v) is 1.89. The third-order valence-electron chi connectivity index (χ3n) is 1.43. The number of ether oxygens (including phenoxy) is 1. The van der Waals surface area contributed by atoms with Crippen LogP contribution in [0.15, 0.2) is 22.7 Å². The molecule has 0 aromatic heterocycles. The molecule has 1 aromatic carbocycles. The molecule has 0 aliphatic carbocycles. The standard InChI is InChI=1S/C9H9BrO3/c1-2-13-8-4-6(9(11)12)3-7(10)5-8/h3-5H,2H2,1H3,(H,11,12). The van der Waals surface area contributed by atoms with Crippen molar-refractivity contribution in [2.45, 2.75) is 6.92 Å². The largest absolute Gasteiger partial charge is 0.494 e. The molecule has 0 aliphatic heterocycles. The number of carboxylic acids is 1. The van der Waals surface area contributed by atoms with E-state index < -0.39 is 5.97 Å². The van der Waals surface area contributed by atoms with Crippen molar-refractivity contribution >= 4 is 21.9 Å². The Kier molecular flexibility index (Phi) is 3.31. The predicted molar refractivity (Wildman–Crippen MR) is 52.3 cm³/mol. The normalized spacial score (nSPS) is 9.69. The first kappa shape index (κ1) is 10.1. The second-order valence-corrected chi connectivity index (χ2v) is 3.33. The molecule has 0 aliphatic rings. The van der Waals surface area contributed by atoms with Gasteiger partial charge in [0.25, 0.3) is 0 Å². The van der Waals surface area contributed by atoms with Crippen LogP contribution in [0.4, 0.5) is 0 Å². The molecule has 0 saturated heterocycles. The first-order valence-electron chi connectivity index (χ1n) is 3.80. The molecule has 3 nitrogen and oxygen atoms in total. The summed E-state index contributed by atoms with van der Waals surface area (Å²) < 4.78 is 5.89. The Balaban J connectivity index is 3.03. The van der Waals surface area contributed by atoms with Crippen molar-refractivity contribution in [1.82, 2.24) is 0 Å². The molecule has 70 valence electrons.